The van der Waals surface area contributed by atoms with Gasteiger partial charge in [-0.2, -0.15) is 0 Å². The average Bonchev–Trinajstić information content (AvgIpc) is 2.70. The molecule has 3 aromatic rings. The molecule has 162 valence electrons. The number of aryl methyl sites for hydroxylation is 4. The summed E-state index contributed by atoms with van der Waals surface area (Å²) in [5.74, 6) is -0.432. The van der Waals surface area contributed by atoms with Gasteiger partial charge in [-0.1, -0.05) is 41.4 Å². The van der Waals surface area contributed by atoms with Gasteiger partial charge >= 0.3 is 0 Å². The summed E-state index contributed by atoms with van der Waals surface area (Å²) in [7, 11) is -3.98. The molecule has 0 spiro atoms. The monoisotopic (exact) mass is 456 g/mol. The third-order valence-corrected chi connectivity index (χ3v) is 7.00. The second-order valence-corrected chi connectivity index (χ2v) is 9.92. The maximum atomic E-state index is 13.5. The van der Waals surface area contributed by atoms with Crippen LogP contribution in [-0.4, -0.2) is 20.9 Å². The molecular formula is C24H25ClN2O3S. The summed E-state index contributed by atoms with van der Waals surface area (Å²) < 4.78 is 28.1. The van der Waals surface area contributed by atoms with Crippen LogP contribution < -0.4 is 9.62 Å². The normalized spacial score (nSPS) is 11.3. The first-order chi connectivity index (χ1) is 14.6. The van der Waals surface area contributed by atoms with Crippen molar-refractivity contribution in [3.05, 3.63) is 87.9 Å². The molecular weight excluding hydrogens is 432 g/mol. The minimum Gasteiger partial charge on any atom is -0.324 e. The lowest BCUT2D eigenvalue weighted by Crippen LogP contribution is -2.38. The van der Waals surface area contributed by atoms with Crippen molar-refractivity contribution in [2.45, 2.75) is 32.6 Å². The van der Waals surface area contributed by atoms with Gasteiger partial charge in [-0.15, -0.1) is 0 Å². The van der Waals surface area contributed by atoms with Gasteiger partial charge in [-0.3, -0.25) is 9.10 Å². The van der Waals surface area contributed by atoms with Crippen LogP contribution in [0, 0.1) is 27.7 Å². The molecule has 3 aromatic carbocycles. The van der Waals surface area contributed by atoms with Gasteiger partial charge in [0.2, 0.25) is 5.91 Å². The van der Waals surface area contributed by atoms with Gasteiger partial charge in [-0.25, -0.2) is 8.42 Å². The maximum absolute atomic E-state index is 13.5. The van der Waals surface area contributed by atoms with E-state index in [0.29, 0.717) is 22.0 Å². The van der Waals surface area contributed by atoms with Crippen molar-refractivity contribution < 1.29 is 13.2 Å². The van der Waals surface area contributed by atoms with E-state index in [4.69, 9.17) is 11.6 Å². The van der Waals surface area contributed by atoms with Crippen LogP contribution >= 0.6 is 11.6 Å². The lowest BCUT2D eigenvalue weighted by atomic mass is 10.1. The number of nitrogens with one attached hydrogen (secondary N) is 1. The van der Waals surface area contributed by atoms with Gasteiger partial charge in [-0.05, 0) is 80.8 Å². The molecule has 0 aliphatic rings. The number of nitrogens with zero attached hydrogens (tertiary/aromatic N) is 1. The van der Waals surface area contributed by atoms with Gasteiger partial charge in [0, 0.05) is 10.7 Å². The van der Waals surface area contributed by atoms with Crippen LogP contribution in [0.15, 0.2) is 65.6 Å². The zero-order valence-corrected chi connectivity index (χ0v) is 19.5. The lowest BCUT2D eigenvalue weighted by molar-refractivity contribution is -0.114. The molecule has 0 saturated heterocycles. The number of carbonyl (C=O) groups excluding carboxylic acids is 1. The second kappa shape index (κ2) is 9.12. The first-order valence-corrected chi connectivity index (χ1v) is 11.6. The number of halogens is 1. The third kappa shape index (κ3) is 5.27. The summed E-state index contributed by atoms with van der Waals surface area (Å²) in [6.45, 7) is 7.10. The fourth-order valence-corrected chi connectivity index (χ4v) is 4.94. The number of amides is 1. The highest BCUT2D eigenvalue weighted by atomic mass is 35.5. The Labute approximate surface area is 188 Å². The SMILES string of the molecule is Cc1ccc(S(=O)(=O)N(CC(=O)Nc2cc(C)ccc2C)c2ccc(Cl)cc2C)cc1. The van der Waals surface area contributed by atoms with E-state index in [1.54, 1.807) is 49.4 Å². The van der Waals surface area contributed by atoms with Crippen molar-refractivity contribution >= 4 is 38.9 Å². The number of hydrogen-bond donors (Lipinski definition) is 1. The number of anilines is 2. The van der Waals surface area contributed by atoms with Gasteiger partial charge in [0.15, 0.2) is 0 Å². The number of hydrogen-bond acceptors (Lipinski definition) is 3. The van der Waals surface area contributed by atoms with Crippen molar-refractivity contribution in [2.75, 3.05) is 16.2 Å². The van der Waals surface area contributed by atoms with E-state index in [1.165, 1.54) is 0 Å². The van der Waals surface area contributed by atoms with Gasteiger partial charge in [0.1, 0.15) is 6.54 Å². The Balaban J connectivity index is 2.00. The molecule has 1 amide bonds. The molecule has 0 aliphatic carbocycles. The maximum Gasteiger partial charge on any atom is 0.264 e. The van der Waals surface area contributed by atoms with Crippen LogP contribution in [0.1, 0.15) is 22.3 Å². The highest BCUT2D eigenvalue weighted by molar-refractivity contribution is 7.92. The summed E-state index contributed by atoms with van der Waals surface area (Å²) in [5, 5.41) is 3.34. The molecule has 0 aromatic heterocycles. The highest BCUT2D eigenvalue weighted by Crippen LogP contribution is 2.29. The Morgan fingerprint density at radius 2 is 1.52 bits per heavy atom. The predicted molar refractivity (Wildman–Crippen MR) is 126 cm³/mol. The number of sulfonamides is 1. The number of benzene rings is 3. The van der Waals surface area contributed by atoms with Crippen molar-refractivity contribution in [3.63, 3.8) is 0 Å². The van der Waals surface area contributed by atoms with Gasteiger partial charge < -0.3 is 5.32 Å². The van der Waals surface area contributed by atoms with Gasteiger partial charge in [0.25, 0.3) is 10.0 Å². The summed E-state index contributed by atoms with van der Waals surface area (Å²) >= 11 is 6.07. The summed E-state index contributed by atoms with van der Waals surface area (Å²) in [4.78, 5) is 13.0. The molecule has 0 saturated carbocycles. The van der Waals surface area contributed by atoms with E-state index >= 15 is 0 Å². The van der Waals surface area contributed by atoms with Crippen molar-refractivity contribution in [1.29, 1.82) is 0 Å². The summed E-state index contributed by atoms with van der Waals surface area (Å²) in [6, 6.07) is 17.2. The van der Waals surface area contributed by atoms with E-state index in [9.17, 15) is 13.2 Å². The fourth-order valence-electron chi connectivity index (χ4n) is 3.23. The van der Waals surface area contributed by atoms with Crippen LogP contribution in [0.4, 0.5) is 11.4 Å². The Kier molecular flexibility index (Phi) is 6.72. The topological polar surface area (TPSA) is 66.5 Å². The predicted octanol–water partition coefficient (Wildman–Crippen LogP) is 5.41. The number of rotatable bonds is 6. The fraction of sp³-hybridized carbons (Fsp3) is 0.208. The molecule has 0 bridgehead atoms. The molecule has 1 N–H and O–H groups in total. The molecule has 0 atom stereocenters. The first kappa shape index (κ1) is 22.8. The smallest absolute Gasteiger partial charge is 0.264 e. The molecule has 3 rings (SSSR count). The van der Waals surface area contributed by atoms with Crippen LogP contribution in [0.2, 0.25) is 5.02 Å². The average molecular weight is 457 g/mol. The number of carbonyl (C=O) groups is 1. The lowest BCUT2D eigenvalue weighted by Gasteiger charge is -2.26. The van der Waals surface area contributed by atoms with Crippen LogP contribution in [-0.2, 0) is 14.8 Å². The van der Waals surface area contributed by atoms with Crippen LogP contribution in [0.25, 0.3) is 0 Å². The van der Waals surface area contributed by atoms with Crippen molar-refractivity contribution in [3.8, 4) is 0 Å². The van der Waals surface area contributed by atoms with Crippen LogP contribution in [0.3, 0.4) is 0 Å². The quantitative estimate of drug-likeness (QED) is 0.539. The summed E-state index contributed by atoms with van der Waals surface area (Å²) in [6.07, 6.45) is 0. The van der Waals surface area contributed by atoms with E-state index < -0.39 is 15.9 Å². The Hall–Kier alpha value is -2.83. The summed E-state index contributed by atoms with van der Waals surface area (Å²) in [5.41, 5.74) is 4.56. The van der Waals surface area contributed by atoms with E-state index in [2.05, 4.69) is 5.32 Å². The molecule has 7 heteroatoms. The minimum absolute atomic E-state index is 0.118. The zero-order valence-electron chi connectivity index (χ0n) is 17.9. The highest BCUT2D eigenvalue weighted by Gasteiger charge is 2.28. The Morgan fingerprint density at radius 1 is 0.871 bits per heavy atom. The second-order valence-electron chi connectivity index (χ2n) is 7.62. The minimum atomic E-state index is -3.98. The standard InChI is InChI=1S/C24H25ClN2O3S/c1-16-6-10-21(11-7-16)31(29,30)27(23-12-9-20(25)14-19(23)4)15-24(28)26-22-13-17(2)5-8-18(22)3/h5-14H,15H2,1-4H3,(H,26,28). The van der Waals surface area contributed by atoms with Crippen molar-refractivity contribution in [2.24, 2.45) is 0 Å². The Morgan fingerprint density at radius 3 is 2.16 bits per heavy atom. The first-order valence-electron chi connectivity index (χ1n) is 9.80. The molecule has 0 heterocycles. The van der Waals surface area contributed by atoms with Crippen LogP contribution in [0.5, 0.6) is 0 Å². The van der Waals surface area contributed by atoms with Gasteiger partial charge in [0.05, 0.1) is 10.6 Å². The molecule has 0 aliphatic heterocycles. The molecule has 31 heavy (non-hydrogen) atoms. The molecule has 0 unspecified atom stereocenters. The van der Waals surface area contributed by atoms with Crippen molar-refractivity contribution in [1.82, 2.24) is 0 Å². The Bertz CT molecular complexity index is 1220. The molecule has 0 radical (unpaired) electrons. The molecule has 5 nitrogen and oxygen atoms in total. The van der Waals surface area contributed by atoms with E-state index in [-0.39, 0.29) is 11.4 Å². The largest absolute Gasteiger partial charge is 0.324 e. The van der Waals surface area contributed by atoms with E-state index in [1.807, 2.05) is 39.0 Å². The third-order valence-electron chi connectivity index (χ3n) is 4.99. The van der Waals surface area contributed by atoms with E-state index in [0.717, 1.165) is 21.0 Å². The molecule has 0 fully saturated rings. The zero-order chi connectivity index (χ0) is 22.8.